The average molecular weight is 380 g/mol. The first kappa shape index (κ1) is 20.2. The number of nitrogens with zero attached hydrogens (tertiary/aromatic N) is 3. The molecule has 2 heterocycles. The van der Waals surface area contributed by atoms with Crippen molar-refractivity contribution in [3.8, 4) is 0 Å². The molecule has 5 heteroatoms. The first-order valence-corrected chi connectivity index (χ1v) is 10.3. The van der Waals surface area contributed by atoms with Crippen molar-refractivity contribution in [3.05, 3.63) is 59.3 Å². The molecule has 1 aromatic heterocycles. The Labute approximate surface area is 169 Å². The fraction of sp³-hybridized carbons (Fsp3) is 0.478. The van der Waals surface area contributed by atoms with E-state index in [4.69, 9.17) is 0 Å². The summed E-state index contributed by atoms with van der Waals surface area (Å²) in [4.78, 5) is 11.4. The van der Waals surface area contributed by atoms with E-state index in [1.807, 2.05) is 20.0 Å². The van der Waals surface area contributed by atoms with E-state index in [9.17, 15) is 0 Å². The van der Waals surface area contributed by atoms with Crippen LogP contribution in [0.4, 0.5) is 5.82 Å². The fourth-order valence-electron chi connectivity index (χ4n) is 3.61. The van der Waals surface area contributed by atoms with Crippen LogP contribution in [0.1, 0.15) is 42.5 Å². The molecule has 3 rings (SSSR count). The van der Waals surface area contributed by atoms with Crippen molar-refractivity contribution in [1.29, 1.82) is 0 Å². The van der Waals surface area contributed by atoms with Gasteiger partial charge in [0.15, 0.2) is 5.96 Å². The Morgan fingerprint density at radius 1 is 1.14 bits per heavy atom. The molecule has 1 aliphatic rings. The predicted octanol–water partition coefficient (Wildman–Crippen LogP) is 3.64. The smallest absolute Gasteiger partial charge is 0.191 e. The number of hydrogen-bond acceptors (Lipinski definition) is 3. The summed E-state index contributed by atoms with van der Waals surface area (Å²) >= 11 is 0. The third kappa shape index (κ3) is 5.47. The van der Waals surface area contributed by atoms with E-state index < -0.39 is 0 Å². The van der Waals surface area contributed by atoms with Crippen molar-refractivity contribution < 1.29 is 0 Å². The van der Waals surface area contributed by atoms with Crippen LogP contribution in [0.3, 0.4) is 0 Å². The Balaban J connectivity index is 1.46. The molecule has 1 unspecified atom stereocenters. The Kier molecular flexibility index (Phi) is 6.90. The topological polar surface area (TPSA) is 52.6 Å². The van der Waals surface area contributed by atoms with Crippen molar-refractivity contribution in [1.82, 2.24) is 15.6 Å². The number of aryl methyl sites for hydroxylation is 2. The summed E-state index contributed by atoms with van der Waals surface area (Å²) in [5.74, 6) is 2.42. The lowest BCUT2D eigenvalue weighted by molar-refractivity contribution is 0.459. The van der Waals surface area contributed by atoms with Crippen LogP contribution in [-0.4, -0.2) is 43.7 Å². The van der Waals surface area contributed by atoms with Gasteiger partial charge in [0.1, 0.15) is 5.82 Å². The number of guanidine groups is 1. The molecule has 2 N–H and O–H groups in total. The van der Waals surface area contributed by atoms with E-state index in [1.54, 1.807) is 0 Å². The number of pyridine rings is 1. The molecule has 2 aromatic rings. The van der Waals surface area contributed by atoms with E-state index in [0.29, 0.717) is 12.0 Å². The van der Waals surface area contributed by atoms with Crippen LogP contribution < -0.4 is 15.5 Å². The van der Waals surface area contributed by atoms with Crippen molar-refractivity contribution in [2.24, 2.45) is 4.99 Å². The molecule has 1 saturated heterocycles. The van der Waals surface area contributed by atoms with Gasteiger partial charge in [0.25, 0.3) is 0 Å². The van der Waals surface area contributed by atoms with Gasteiger partial charge in [-0.3, -0.25) is 4.99 Å². The molecule has 1 aromatic carbocycles. The second-order valence-electron chi connectivity index (χ2n) is 7.81. The molecule has 0 bridgehead atoms. The Bertz CT molecular complexity index is 776. The Morgan fingerprint density at radius 2 is 1.86 bits per heavy atom. The van der Waals surface area contributed by atoms with Crippen LogP contribution in [0.25, 0.3) is 0 Å². The quantitative estimate of drug-likeness (QED) is 0.615. The molecule has 1 aliphatic heterocycles. The molecule has 1 atom stereocenters. The summed E-state index contributed by atoms with van der Waals surface area (Å²) in [6, 6.07) is 15.5. The van der Waals surface area contributed by atoms with Gasteiger partial charge >= 0.3 is 0 Å². The highest BCUT2D eigenvalue weighted by molar-refractivity contribution is 5.80. The number of aromatic nitrogens is 1. The summed E-state index contributed by atoms with van der Waals surface area (Å²) in [5.41, 5.74) is 3.73. The fourth-order valence-corrected chi connectivity index (χ4v) is 3.61. The van der Waals surface area contributed by atoms with Gasteiger partial charge in [-0.25, -0.2) is 4.98 Å². The molecule has 0 radical (unpaired) electrons. The zero-order valence-corrected chi connectivity index (χ0v) is 17.6. The lowest BCUT2D eigenvalue weighted by atomic mass is 10.00. The molecule has 5 nitrogen and oxygen atoms in total. The van der Waals surface area contributed by atoms with E-state index in [-0.39, 0.29) is 0 Å². The van der Waals surface area contributed by atoms with Crippen LogP contribution in [0.15, 0.2) is 47.5 Å². The van der Waals surface area contributed by atoms with Crippen LogP contribution in [-0.2, 0) is 0 Å². The number of nitrogens with one attached hydrogen (secondary N) is 2. The minimum absolute atomic E-state index is 0.438. The summed E-state index contributed by atoms with van der Waals surface area (Å²) in [6.07, 6.45) is 2.17. The maximum absolute atomic E-state index is 4.65. The molecular formula is C23H33N5. The maximum atomic E-state index is 4.65. The normalized spacial score (nSPS) is 16.7. The largest absolute Gasteiger partial charge is 0.356 e. The van der Waals surface area contributed by atoms with Crippen LogP contribution in [0.2, 0.25) is 0 Å². The van der Waals surface area contributed by atoms with Gasteiger partial charge in [0.05, 0.1) is 0 Å². The number of rotatable bonds is 5. The van der Waals surface area contributed by atoms with E-state index in [0.717, 1.165) is 49.9 Å². The number of anilines is 1. The number of benzene rings is 1. The molecule has 0 aliphatic carbocycles. The highest BCUT2D eigenvalue weighted by atomic mass is 15.2. The van der Waals surface area contributed by atoms with E-state index in [1.165, 1.54) is 11.1 Å². The van der Waals surface area contributed by atoms with Crippen LogP contribution in [0, 0.1) is 13.8 Å². The van der Waals surface area contributed by atoms with Gasteiger partial charge in [0, 0.05) is 38.4 Å². The average Bonchev–Trinajstić information content (AvgIpc) is 2.72. The van der Waals surface area contributed by atoms with Crippen molar-refractivity contribution in [2.45, 2.75) is 45.6 Å². The second kappa shape index (κ2) is 9.58. The molecular weight excluding hydrogens is 346 g/mol. The van der Waals surface area contributed by atoms with E-state index in [2.05, 4.69) is 75.8 Å². The zero-order chi connectivity index (χ0) is 19.9. The molecule has 150 valence electrons. The first-order chi connectivity index (χ1) is 13.5. The van der Waals surface area contributed by atoms with Crippen LogP contribution >= 0.6 is 0 Å². The van der Waals surface area contributed by atoms with Gasteiger partial charge in [-0.2, -0.15) is 0 Å². The first-order valence-electron chi connectivity index (χ1n) is 10.3. The molecule has 1 fully saturated rings. The monoisotopic (exact) mass is 379 g/mol. The minimum Gasteiger partial charge on any atom is -0.356 e. The molecule has 0 spiro atoms. The predicted molar refractivity (Wildman–Crippen MR) is 118 cm³/mol. The standard InChI is InChI=1S/C23H33N5/c1-17-8-10-20(11-9-17)18(2)16-25-23(24-4)27-21-12-14-28(15-13-21)22-7-5-6-19(3)26-22/h5-11,18,21H,12-16H2,1-4H3,(H2,24,25,27). The van der Waals surface area contributed by atoms with Crippen molar-refractivity contribution >= 4 is 11.8 Å². The van der Waals surface area contributed by atoms with Gasteiger partial charge in [-0.15, -0.1) is 0 Å². The van der Waals surface area contributed by atoms with E-state index >= 15 is 0 Å². The number of piperidine rings is 1. The number of aliphatic imine (C=N–C) groups is 1. The van der Waals surface area contributed by atoms with Gasteiger partial charge in [0.2, 0.25) is 0 Å². The molecule has 0 saturated carbocycles. The van der Waals surface area contributed by atoms with Crippen LogP contribution in [0.5, 0.6) is 0 Å². The molecule has 28 heavy (non-hydrogen) atoms. The minimum atomic E-state index is 0.438. The zero-order valence-electron chi connectivity index (χ0n) is 17.6. The second-order valence-corrected chi connectivity index (χ2v) is 7.81. The SMILES string of the molecule is CN=C(NCC(C)c1ccc(C)cc1)NC1CCN(c2cccc(C)n2)CC1. The van der Waals surface area contributed by atoms with Gasteiger partial charge in [-0.05, 0) is 50.3 Å². The lowest BCUT2D eigenvalue weighted by Crippen LogP contribution is -2.49. The summed E-state index contributed by atoms with van der Waals surface area (Å²) < 4.78 is 0. The molecule has 0 amide bonds. The highest BCUT2D eigenvalue weighted by Crippen LogP contribution is 2.18. The maximum Gasteiger partial charge on any atom is 0.191 e. The highest BCUT2D eigenvalue weighted by Gasteiger charge is 2.21. The Morgan fingerprint density at radius 3 is 2.50 bits per heavy atom. The van der Waals surface area contributed by atoms with Crippen molar-refractivity contribution in [2.75, 3.05) is 31.6 Å². The summed E-state index contributed by atoms with van der Waals surface area (Å²) in [5, 5.41) is 7.09. The lowest BCUT2D eigenvalue weighted by Gasteiger charge is -2.34. The third-order valence-corrected chi connectivity index (χ3v) is 5.48. The van der Waals surface area contributed by atoms with Gasteiger partial charge < -0.3 is 15.5 Å². The summed E-state index contributed by atoms with van der Waals surface area (Å²) in [6.45, 7) is 9.33. The van der Waals surface area contributed by atoms with Crippen molar-refractivity contribution in [3.63, 3.8) is 0 Å². The summed E-state index contributed by atoms with van der Waals surface area (Å²) in [7, 11) is 1.84. The Hall–Kier alpha value is -2.56. The number of hydrogen-bond donors (Lipinski definition) is 2. The van der Waals surface area contributed by atoms with Gasteiger partial charge in [-0.1, -0.05) is 42.8 Å². The third-order valence-electron chi connectivity index (χ3n) is 5.48.